The van der Waals surface area contributed by atoms with Gasteiger partial charge in [0, 0.05) is 13.0 Å². The third kappa shape index (κ3) is 4.35. The van der Waals surface area contributed by atoms with Crippen molar-refractivity contribution in [1.82, 2.24) is 5.32 Å². The first-order valence-corrected chi connectivity index (χ1v) is 6.43. The highest BCUT2D eigenvalue weighted by molar-refractivity contribution is 5.89. The van der Waals surface area contributed by atoms with Gasteiger partial charge in [-0.05, 0) is 26.3 Å². The molecule has 0 spiro atoms. The molecule has 1 unspecified atom stereocenters. The van der Waals surface area contributed by atoms with E-state index in [0.717, 1.165) is 0 Å². The van der Waals surface area contributed by atoms with Gasteiger partial charge in [0.2, 0.25) is 5.91 Å². The lowest BCUT2D eigenvalue weighted by molar-refractivity contribution is -0.145. The zero-order chi connectivity index (χ0) is 15.4. The summed E-state index contributed by atoms with van der Waals surface area (Å²) >= 11 is 0. The number of benzene rings is 1. The van der Waals surface area contributed by atoms with Crippen molar-refractivity contribution in [3.8, 4) is 0 Å². The van der Waals surface area contributed by atoms with Crippen LogP contribution in [0.1, 0.15) is 32.8 Å². The predicted octanol–water partition coefficient (Wildman–Crippen LogP) is 1.31. The Hall–Kier alpha value is -1.88. The minimum atomic E-state index is -1.29. The van der Waals surface area contributed by atoms with Gasteiger partial charge in [0.1, 0.15) is 0 Å². The third-order valence-corrected chi connectivity index (χ3v) is 3.12. The molecule has 1 atom stereocenters. The number of carboxylic acid groups (broad SMARTS) is 1. The average Bonchev–Trinajstić information content (AvgIpc) is 2.36. The van der Waals surface area contributed by atoms with Crippen LogP contribution in [0.15, 0.2) is 30.3 Å². The second-order valence-electron chi connectivity index (χ2n) is 5.77. The van der Waals surface area contributed by atoms with Crippen molar-refractivity contribution < 1.29 is 19.8 Å². The van der Waals surface area contributed by atoms with Crippen LogP contribution in [0, 0.1) is 0 Å². The standard InChI is InChI=1S/C15H21NO4/c1-14(2,20)10-16-12(17)9-15(3,13(18)19)11-7-5-4-6-8-11/h4-8,20H,9-10H2,1-3H3,(H,16,17)(H,18,19). The lowest BCUT2D eigenvalue weighted by Gasteiger charge is -2.25. The molecule has 3 N–H and O–H groups in total. The molecule has 110 valence electrons. The van der Waals surface area contributed by atoms with Crippen LogP contribution in [0.4, 0.5) is 0 Å². The molecule has 0 aliphatic carbocycles. The Labute approximate surface area is 118 Å². The maximum Gasteiger partial charge on any atom is 0.314 e. The molecule has 0 aliphatic rings. The van der Waals surface area contributed by atoms with Crippen molar-refractivity contribution in [2.75, 3.05) is 6.54 Å². The molecule has 1 amide bonds. The lowest BCUT2D eigenvalue weighted by atomic mass is 9.79. The number of carboxylic acids is 1. The summed E-state index contributed by atoms with van der Waals surface area (Å²) in [7, 11) is 0. The third-order valence-electron chi connectivity index (χ3n) is 3.12. The van der Waals surface area contributed by atoms with Gasteiger partial charge in [-0.2, -0.15) is 0 Å². The Balaban J connectivity index is 2.83. The zero-order valence-corrected chi connectivity index (χ0v) is 12.0. The van der Waals surface area contributed by atoms with Crippen molar-refractivity contribution in [2.24, 2.45) is 0 Å². The van der Waals surface area contributed by atoms with Crippen molar-refractivity contribution >= 4 is 11.9 Å². The van der Waals surface area contributed by atoms with E-state index in [9.17, 15) is 19.8 Å². The minimum absolute atomic E-state index is 0.0797. The quantitative estimate of drug-likeness (QED) is 0.732. The summed E-state index contributed by atoms with van der Waals surface area (Å²) in [5.74, 6) is -1.46. The number of rotatable bonds is 6. The normalized spacial score (nSPS) is 14.4. The molecular formula is C15H21NO4. The molecule has 0 radical (unpaired) electrons. The van der Waals surface area contributed by atoms with E-state index < -0.39 is 22.9 Å². The summed E-state index contributed by atoms with van der Waals surface area (Å²) in [6.45, 7) is 4.74. The Kier molecular flexibility index (Phi) is 4.89. The largest absolute Gasteiger partial charge is 0.481 e. The summed E-state index contributed by atoms with van der Waals surface area (Å²) in [6, 6.07) is 8.66. The topological polar surface area (TPSA) is 86.6 Å². The maximum absolute atomic E-state index is 11.9. The maximum atomic E-state index is 11.9. The van der Waals surface area contributed by atoms with Gasteiger partial charge in [-0.25, -0.2) is 0 Å². The van der Waals surface area contributed by atoms with Crippen LogP contribution in [-0.2, 0) is 15.0 Å². The van der Waals surface area contributed by atoms with Crippen LogP contribution in [-0.4, -0.2) is 34.2 Å². The Morgan fingerprint density at radius 1 is 1.15 bits per heavy atom. The second kappa shape index (κ2) is 6.05. The number of hydrogen-bond acceptors (Lipinski definition) is 3. The fourth-order valence-corrected chi connectivity index (χ4v) is 1.81. The van der Waals surface area contributed by atoms with Gasteiger partial charge < -0.3 is 15.5 Å². The van der Waals surface area contributed by atoms with Gasteiger partial charge in [0.05, 0.1) is 11.0 Å². The highest BCUT2D eigenvalue weighted by atomic mass is 16.4. The van der Waals surface area contributed by atoms with Crippen molar-refractivity contribution in [3.63, 3.8) is 0 Å². The lowest BCUT2D eigenvalue weighted by Crippen LogP contribution is -2.43. The Morgan fingerprint density at radius 3 is 2.15 bits per heavy atom. The smallest absolute Gasteiger partial charge is 0.314 e. The van der Waals surface area contributed by atoms with E-state index >= 15 is 0 Å². The number of nitrogens with one attached hydrogen (secondary N) is 1. The molecule has 20 heavy (non-hydrogen) atoms. The van der Waals surface area contributed by atoms with Crippen LogP contribution in [0.5, 0.6) is 0 Å². The van der Waals surface area contributed by atoms with E-state index in [1.807, 2.05) is 0 Å². The van der Waals surface area contributed by atoms with E-state index in [0.29, 0.717) is 5.56 Å². The van der Waals surface area contributed by atoms with Crippen LogP contribution in [0.3, 0.4) is 0 Å². The molecule has 1 rings (SSSR count). The number of aliphatic carboxylic acids is 1. The molecule has 0 aliphatic heterocycles. The molecule has 0 aromatic heterocycles. The fourth-order valence-electron chi connectivity index (χ4n) is 1.81. The van der Waals surface area contributed by atoms with Crippen LogP contribution < -0.4 is 5.32 Å². The van der Waals surface area contributed by atoms with E-state index in [1.54, 1.807) is 44.2 Å². The van der Waals surface area contributed by atoms with Gasteiger partial charge in [0.15, 0.2) is 0 Å². The monoisotopic (exact) mass is 279 g/mol. The Bertz CT molecular complexity index is 478. The first kappa shape index (κ1) is 16.2. The molecule has 1 aromatic carbocycles. The molecular weight excluding hydrogens is 258 g/mol. The molecule has 0 saturated heterocycles. The number of aliphatic hydroxyl groups is 1. The van der Waals surface area contributed by atoms with Gasteiger partial charge >= 0.3 is 5.97 Å². The molecule has 0 bridgehead atoms. The predicted molar refractivity (Wildman–Crippen MR) is 75.4 cm³/mol. The fraction of sp³-hybridized carbons (Fsp3) is 0.467. The van der Waals surface area contributed by atoms with Gasteiger partial charge in [-0.3, -0.25) is 9.59 Å². The number of carbonyl (C=O) groups is 2. The highest BCUT2D eigenvalue weighted by Crippen LogP contribution is 2.27. The molecule has 1 aromatic rings. The SMILES string of the molecule is CC(C)(O)CNC(=O)CC(C)(C(=O)O)c1ccccc1. The summed E-state index contributed by atoms with van der Waals surface area (Å²) in [6.07, 6.45) is -0.178. The average molecular weight is 279 g/mol. The highest BCUT2D eigenvalue weighted by Gasteiger charge is 2.37. The van der Waals surface area contributed by atoms with Gasteiger partial charge in [-0.1, -0.05) is 30.3 Å². The molecule has 5 nitrogen and oxygen atoms in total. The summed E-state index contributed by atoms with van der Waals surface area (Å²) in [5.41, 5.74) is -1.74. The zero-order valence-electron chi connectivity index (χ0n) is 12.0. The molecule has 5 heteroatoms. The van der Waals surface area contributed by atoms with Gasteiger partial charge in [0.25, 0.3) is 0 Å². The van der Waals surface area contributed by atoms with Crippen LogP contribution in [0.2, 0.25) is 0 Å². The van der Waals surface area contributed by atoms with E-state index in [2.05, 4.69) is 5.32 Å². The van der Waals surface area contributed by atoms with Crippen LogP contribution in [0.25, 0.3) is 0 Å². The first-order valence-electron chi connectivity index (χ1n) is 6.43. The van der Waals surface area contributed by atoms with E-state index in [4.69, 9.17) is 0 Å². The van der Waals surface area contributed by atoms with Crippen LogP contribution >= 0.6 is 0 Å². The summed E-state index contributed by atoms with van der Waals surface area (Å²) in [5, 5.41) is 21.5. The van der Waals surface area contributed by atoms with E-state index in [1.165, 1.54) is 6.92 Å². The molecule has 0 heterocycles. The summed E-state index contributed by atoms with van der Waals surface area (Å²) in [4.78, 5) is 23.4. The Morgan fingerprint density at radius 2 is 1.70 bits per heavy atom. The second-order valence-corrected chi connectivity index (χ2v) is 5.77. The number of carbonyl (C=O) groups excluding carboxylic acids is 1. The van der Waals surface area contributed by atoms with Gasteiger partial charge in [-0.15, -0.1) is 0 Å². The molecule has 0 fully saturated rings. The van der Waals surface area contributed by atoms with Crippen molar-refractivity contribution in [2.45, 2.75) is 38.2 Å². The first-order chi connectivity index (χ1) is 9.15. The summed E-state index contributed by atoms with van der Waals surface area (Å²) < 4.78 is 0. The van der Waals surface area contributed by atoms with Crippen molar-refractivity contribution in [1.29, 1.82) is 0 Å². The number of hydrogen-bond donors (Lipinski definition) is 3. The number of amides is 1. The minimum Gasteiger partial charge on any atom is -0.481 e. The van der Waals surface area contributed by atoms with Crippen molar-refractivity contribution in [3.05, 3.63) is 35.9 Å². The van der Waals surface area contributed by atoms with E-state index in [-0.39, 0.29) is 13.0 Å². The molecule has 0 saturated carbocycles.